The zero-order chi connectivity index (χ0) is 19.9. The van der Waals surface area contributed by atoms with Gasteiger partial charge in [0, 0.05) is 18.7 Å². The highest BCUT2D eigenvalue weighted by Crippen LogP contribution is 2.23. The zero-order valence-corrected chi connectivity index (χ0v) is 17.0. The molecule has 0 unspecified atom stereocenters. The normalized spacial score (nSPS) is 11.4. The molecule has 2 aromatic heterocycles. The average molecular weight is 397 g/mol. The van der Waals surface area contributed by atoms with Crippen molar-refractivity contribution in [2.24, 2.45) is 0 Å². The molecular formula is C20H24N6OS. The fourth-order valence-corrected chi connectivity index (χ4v) is 3.01. The van der Waals surface area contributed by atoms with Gasteiger partial charge in [0.15, 0.2) is 10.8 Å². The number of nitrogens with one attached hydrogen (secondary N) is 2. The van der Waals surface area contributed by atoms with Gasteiger partial charge in [0.2, 0.25) is 5.91 Å². The van der Waals surface area contributed by atoms with E-state index in [1.807, 2.05) is 36.6 Å². The van der Waals surface area contributed by atoms with Crippen molar-refractivity contribution in [3.05, 3.63) is 48.2 Å². The van der Waals surface area contributed by atoms with Gasteiger partial charge in [-0.15, -0.1) is 0 Å². The molecule has 0 aliphatic rings. The lowest BCUT2D eigenvalue weighted by atomic mass is 10.2. The van der Waals surface area contributed by atoms with Crippen molar-refractivity contribution in [1.82, 2.24) is 25.1 Å². The number of carbonyl (C=O) groups excluding carboxylic acids is 1. The number of nitrogens with zero attached hydrogens (tertiary/aromatic N) is 4. The second-order valence-corrected chi connectivity index (χ2v) is 7.27. The van der Waals surface area contributed by atoms with Gasteiger partial charge in [-0.2, -0.15) is 5.10 Å². The van der Waals surface area contributed by atoms with Crippen LogP contribution in [0.3, 0.4) is 0 Å². The molecule has 7 nitrogen and oxygen atoms in total. The van der Waals surface area contributed by atoms with Gasteiger partial charge in [-0.25, -0.2) is 14.6 Å². The molecule has 2 heterocycles. The Morgan fingerprint density at radius 1 is 1.25 bits per heavy atom. The first-order valence-electron chi connectivity index (χ1n) is 9.12. The van der Waals surface area contributed by atoms with E-state index in [4.69, 9.17) is 0 Å². The molecule has 0 spiro atoms. The van der Waals surface area contributed by atoms with Crippen molar-refractivity contribution in [3.63, 3.8) is 0 Å². The van der Waals surface area contributed by atoms with Gasteiger partial charge in [0.25, 0.3) is 0 Å². The van der Waals surface area contributed by atoms with Crippen molar-refractivity contribution in [2.75, 3.05) is 18.1 Å². The van der Waals surface area contributed by atoms with E-state index in [0.717, 1.165) is 22.4 Å². The van der Waals surface area contributed by atoms with Gasteiger partial charge in [0.1, 0.15) is 5.82 Å². The highest BCUT2D eigenvalue weighted by molar-refractivity contribution is 7.98. The lowest BCUT2D eigenvalue weighted by molar-refractivity contribution is -0.116. The van der Waals surface area contributed by atoms with Crippen molar-refractivity contribution < 1.29 is 4.79 Å². The number of carbonyl (C=O) groups is 1. The minimum Gasteiger partial charge on any atom is -0.367 e. The van der Waals surface area contributed by atoms with Crippen LogP contribution >= 0.6 is 11.8 Å². The number of aromatic nitrogens is 4. The Balaban J connectivity index is 1.66. The Bertz CT molecular complexity index is 967. The first-order valence-corrected chi connectivity index (χ1v) is 10.3. The molecule has 146 valence electrons. The highest BCUT2D eigenvalue weighted by Gasteiger charge is 2.13. The molecule has 0 saturated carbocycles. The molecule has 0 fully saturated rings. The van der Waals surface area contributed by atoms with Gasteiger partial charge in [-0.1, -0.05) is 42.1 Å². The molecule has 2 N–H and O–H groups in total. The van der Waals surface area contributed by atoms with Gasteiger partial charge in [-0.05, 0) is 31.7 Å². The second-order valence-electron chi connectivity index (χ2n) is 6.50. The summed E-state index contributed by atoms with van der Waals surface area (Å²) in [5.41, 5.74) is 1.75. The fourth-order valence-electron chi connectivity index (χ4n) is 2.65. The lowest BCUT2D eigenvalue weighted by Crippen LogP contribution is -2.25. The SMILES string of the molecule is CSc1nc(NC(C)C)c2cnn(CCNC(=O)C=Cc3ccccc3)c2n1. The van der Waals surface area contributed by atoms with E-state index in [9.17, 15) is 4.79 Å². The molecule has 0 saturated heterocycles. The number of amides is 1. The first kappa shape index (κ1) is 19.9. The van der Waals surface area contributed by atoms with Crippen LogP contribution < -0.4 is 10.6 Å². The van der Waals surface area contributed by atoms with Crippen LogP contribution in [0.25, 0.3) is 17.1 Å². The zero-order valence-electron chi connectivity index (χ0n) is 16.2. The predicted octanol–water partition coefficient (Wildman–Crippen LogP) is 3.20. The summed E-state index contributed by atoms with van der Waals surface area (Å²) in [6.07, 6.45) is 7.04. The number of hydrogen-bond donors (Lipinski definition) is 2. The number of fused-ring (bicyclic) bond motifs is 1. The minimum absolute atomic E-state index is 0.137. The van der Waals surface area contributed by atoms with Crippen LogP contribution in [0.15, 0.2) is 47.8 Å². The number of hydrogen-bond acceptors (Lipinski definition) is 6. The molecule has 1 amide bonds. The summed E-state index contributed by atoms with van der Waals surface area (Å²) >= 11 is 1.49. The molecular weight excluding hydrogens is 372 g/mol. The van der Waals surface area contributed by atoms with Crippen LogP contribution in [-0.4, -0.2) is 44.5 Å². The first-order chi connectivity index (χ1) is 13.6. The third kappa shape index (κ3) is 5.10. The summed E-state index contributed by atoms with van der Waals surface area (Å²) in [4.78, 5) is 21.1. The standard InChI is InChI=1S/C20H24N6OS/c1-14(2)23-18-16-13-22-26(19(16)25-20(24-18)28-3)12-11-21-17(27)10-9-15-7-5-4-6-8-15/h4-10,13-14H,11-12H2,1-3H3,(H,21,27)(H,23,24,25). The third-order valence-electron chi connectivity index (χ3n) is 3.93. The second kappa shape index (κ2) is 9.36. The van der Waals surface area contributed by atoms with E-state index in [-0.39, 0.29) is 11.9 Å². The summed E-state index contributed by atoms with van der Waals surface area (Å²) in [5, 5.41) is 12.2. The van der Waals surface area contributed by atoms with E-state index in [1.54, 1.807) is 17.0 Å². The van der Waals surface area contributed by atoms with Crippen LogP contribution in [0.2, 0.25) is 0 Å². The van der Waals surface area contributed by atoms with Crippen molar-refractivity contribution in [2.45, 2.75) is 31.6 Å². The number of rotatable bonds is 8. The molecule has 0 bridgehead atoms. The van der Waals surface area contributed by atoms with Gasteiger partial charge in [0.05, 0.1) is 18.1 Å². The topological polar surface area (TPSA) is 84.7 Å². The molecule has 0 aliphatic heterocycles. The monoisotopic (exact) mass is 396 g/mol. The highest BCUT2D eigenvalue weighted by atomic mass is 32.2. The number of thioether (sulfide) groups is 1. The van der Waals surface area contributed by atoms with Gasteiger partial charge >= 0.3 is 0 Å². The summed E-state index contributed by atoms with van der Waals surface area (Å²) in [5.74, 6) is 0.646. The Hall–Kier alpha value is -2.87. The van der Waals surface area contributed by atoms with Crippen molar-refractivity contribution in [3.8, 4) is 0 Å². The molecule has 0 atom stereocenters. The average Bonchev–Trinajstić information content (AvgIpc) is 3.10. The predicted molar refractivity (Wildman–Crippen MR) is 114 cm³/mol. The van der Waals surface area contributed by atoms with Crippen LogP contribution in [0, 0.1) is 0 Å². The van der Waals surface area contributed by atoms with Crippen LogP contribution in [0.4, 0.5) is 5.82 Å². The van der Waals surface area contributed by atoms with Crippen molar-refractivity contribution >= 4 is 40.6 Å². The molecule has 3 rings (SSSR count). The molecule has 8 heteroatoms. The maximum Gasteiger partial charge on any atom is 0.244 e. The molecule has 1 aromatic carbocycles. The summed E-state index contributed by atoms with van der Waals surface area (Å²) in [6, 6.07) is 9.98. The van der Waals surface area contributed by atoms with Gasteiger partial charge < -0.3 is 10.6 Å². The maximum atomic E-state index is 12.0. The molecule has 0 aliphatic carbocycles. The number of anilines is 1. The Morgan fingerprint density at radius 2 is 2.04 bits per heavy atom. The quantitative estimate of drug-likeness (QED) is 0.346. The van der Waals surface area contributed by atoms with E-state index in [0.29, 0.717) is 18.2 Å². The molecule has 3 aromatic rings. The van der Waals surface area contributed by atoms with E-state index in [1.165, 1.54) is 17.8 Å². The van der Waals surface area contributed by atoms with Gasteiger partial charge in [-0.3, -0.25) is 4.79 Å². The maximum absolute atomic E-state index is 12.0. The number of benzene rings is 1. The summed E-state index contributed by atoms with van der Waals surface area (Å²) in [6.45, 7) is 5.12. The summed E-state index contributed by atoms with van der Waals surface area (Å²) in [7, 11) is 0. The van der Waals surface area contributed by atoms with E-state index in [2.05, 4.69) is 39.5 Å². The van der Waals surface area contributed by atoms with Crippen LogP contribution in [0.5, 0.6) is 0 Å². The van der Waals surface area contributed by atoms with Crippen LogP contribution in [-0.2, 0) is 11.3 Å². The fraction of sp³-hybridized carbons (Fsp3) is 0.300. The van der Waals surface area contributed by atoms with E-state index < -0.39 is 0 Å². The Kier molecular flexibility index (Phi) is 6.65. The largest absolute Gasteiger partial charge is 0.367 e. The Morgan fingerprint density at radius 3 is 2.75 bits per heavy atom. The smallest absolute Gasteiger partial charge is 0.244 e. The minimum atomic E-state index is -0.137. The van der Waals surface area contributed by atoms with Crippen molar-refractivity contribution in [1.29, 1.82) is 0 Å². The van der Waals surface area contributed by atoms with E-state index >= 15 is 0 Å². The molecule has 28 heavy (non-hydrogen) atoms. The summed E-state index contributed by atoms with van der Waals surface area (Å²) < 4.78 is 1.80. The third-order valence-corrected chi connectivity index (χ3v) is 4.48. The lowest BCUT2D eigenvalue weighted by Gasteiger charge is -2.11. The molecule has 0 radical (unpaired) electrons. The van der Waals surface area contributed by atoms with Crippen LogP contribution in [0.1, 0.15) is 19.4 Å². The Labute approximate surface area is 168 Å².